The number of fused-ring (bicyclic) bond motifs is 3. The third-order valence-corrected chi connectivity index (χ3v) is 7.54. The van der Waals surface area contributed by atoms with Crippen LogP contribution in [0.1, 0.15) is 38.9 Å². The summed E-state index contributed by atoms with van der Waals surface area (Å²) >= 11 is 0. The van der Waals surface area contributed by atoms with Gasteiger partial charge in [0.15, 0.2) is 0 Å². The van der Waals surface area contributed by atoms with Gasteiger partial charge in [-0.25, -0.2) is 0 Å². The highest BCUT2D eigenvalue weighted by atomic mass is 14.5. The summed E-state index contributed by atoms with van der Waals surface area (Å²) in [6, 6.07) is 34.3. The Kier molecular flexibility index (Phi) is 4.69. The van der Waals surface area contributed by atoms with E-state index in [4.69, 9.17) is 0 Å². The van der Waals surface area contributed by atoms with Crippen LogP contribution in [0.15, 0.2) is 115 Å². The van der Waals surface area contributed by atoms with E-state index < -0.39 is 0 Å². The second kappa shape index (κ2) is 7.74. The smallest absolute Gasteiger partial charge is 0.0551 e. The van der Waals surface area contributed by atoms with E-state index in [1.165, 1.54) is 50.1 Å². The third kappa shape index (κ3) is 3.05. The normalized spacial score (nSPS) is 14.5. The first kappa shape index (κ1) is 20.0. The zero-order valence-corrected chi connectivity index (χ0v) is 19.3. The summed E-state index contributed by atoms with van der Waals surface area (Å²) in [6.45, 7) is 4.34. The molecule has 0 nitrogen and oxygen atoms in total. The molecule has 0 radical (unpaired) electrons. The molecule has 0 heterocycles. The lowest BCUT2D eigenvalue weighted by molar-refractivity contribution is 0.524. The Hall–Kier alpha value is -3.64. The highest BCUT2D eigenvalue weighted by Gasteiger charge is 2.44. The van der Waals surface area contributed by atoms with Crippen molar-refractivity contribution in [2.24, 2.45) is 5.92 Å². The van der Waals surface area contributed by atoms with Crippen molar-refractivity contribution in [1.82, 2.24) is 0 Å². The van der Waals surface area contributed by atoms with E-state index in [-0.39, 0.29) is 11.3 Å². The van der Waals surface area contributed by atoms with E-state index in [0.717, 1.165) is 6.42 Å². The van der Waals surface area contributed by atoms with E-state index >= 15 is 0 Å². The summed E-state index contributed by atoms with van der Waals surface area (Å²) in [7, 11) is 0. The molecule has 4 aromatic carbocycles. The van der Waals surface area contributed by atoms with Gasteiger partial charge in [-0.1, -0.05) is 126 Å². The number of hydrogen-bond acceptors (Lipinski definition) is 0. The topological polar surface area (TPSA) is 0 Å². The Morgan fingerprint density at radius 1 is 0.606 bits per heavy atom. The van der Waals surface area contributed by atoms with Crippen LogP contribution in [0.25, 0.3) is 11.1 Å². The van der Waals surface area contributed by atoms with Crippen LogP contribution in [0, 0.1) is 19.8 Å². The molecule has 0 spiro atoms. The molecule has 33 heavy (non-hydrogen) atoms. The van der Waals surface area contributed by atoms with E-state index in [1.807, 2.05) is 0 Å². The SMILES string of the molecule is Cc1ccc(C(c2ccc(C)cc2)(c2cccc3c2Cc2ccccc2-3)C2C=CC=C2)cc1. The average molecular weight is 425 g/mol. The maximum Gasteiger partial charge on any atom is 0.0551 e. The number of hydrogen-bond donors (Lipinski definition) is 0. The quantitative estimate of drug-likeness (QED) is 0.257. The van der Waals surface area contributed by atoms with Crippen molar-refractivity contribution in [1.29, 1.82) is 0 Å². The lowest BCUT2D eigenvalue weighted by atomic mass is 9.60. The van der Waals surface area contributed by atoms with Crippen molar-refractivity contribution >= 4 is 0 Å². The number of allylic oxidation sites excluding steroid dienone is 4. The fourth-order valence-electron chi connectivity index (χ4n) is 5.92. The maximum atomic E-state index is 2.38. The molecular weight excluding hydrogens is 396 g/mol. The van der Waals surface area contributed by atoms with Gasteiger partial charge >= 0.3 is 0 Å². The van der Waals surface area contributed by atoms with Crippen LogP contribution >= 0.6 is 0 Å². The number of benzene rings is 4. The Bertz CT molecular complexity index is 1320. The van der Waals surface area contributed by atoms with Gasteiger partial charge in [-0.15, -0.1) is 0 Å². The van der Waals surface area contributed by atoms with Crippen LogP contribution in [0.4, 0.5) is 0 Å². The first-order chi connectivity index (χ1) is 16.2. The Morgan fingerprint density at radius 2 is 1.18 bits per heavy atom. The van der Waals surface area contributed by atoms with Gasteiger partial charge in [0.1, 0.15) is 0 Å². The van der Waals surface area contributed by atoms with Gasteiger partial charge in [-0.2, -0.15) is 0 Å². The molecule has 0 aromatic heterocycles. The first-order valence-corrected chi connectivity index (χ1v) is 11.9. The molecule has 0 saturated carbocycles. The van der Waals surface area contributed by atoms with Crippen molar-refractivity contribution in [3.63, 3.8) is 0 Å². The summed E-state index contributed by atoms with van der Waals surface area (Å²) in [5.74, 6) is 0.248. The highest BCUT2D eigenvalue weighted by Crippen LogP contribution is 2.52. The molecule has 0 heteroatoms. The van der Waals surface area contributed by atoms with Gasteiger partial charge in [0.25, 0.3) is 0 Å². The fourth-order valence-corrected chi connectivity index (χ4v) is 5.92. The van der Waals surface area contributed by atoms with Crippen LogP contribution in [0.3, 0.4) is 0 Å². The molecule has 2 aliphatic rings. The summed E-state index contributed by atoms with van der Waals surface area (Å²) in [4.78, 5) is 0. The van der Waals surface area contributed by atoms with Crippen molar-refractivity contribution < 1.29 is 0 Å². The van der Waals surface area contributed by atoms with Crippen LogP contribution in [-0.4, -0.2) is 0 Å². The number of aryl methyl sites for hydroxylation is 2. The summed E-state index contributed by atoms with van der Waals surface area (Å²) in [5.41, 5.74) is 12.1. The second-order valence-electron chi connectivity index (χ2n) is 9.50. The lowest BCUT2D eigenvalue weighted by Gasteiger charge is -2.41. The Labute approximate surface area is 196 Å². The van der Waals surface area contributed by atoms with Crippen molar-refractivity contribution in [3.05, 3.63) is 154 Å². The van der Waals surface area contributed by atoms with Gasteiger partial charge in [0.2, 0.25) is 0 Å². The van der Waals surface area contributed by atoms with Crippen molar-refractivity contribution in [3.8, 4) is 11.1 Å². The Balaban J connectivity index is 1.70. The van der Waals surface area contributed by atoms with E-state index in [0.29, 0.717) is 0 Å². The molecule has 4 aromatic rings. The summed E-state index contributed by atoms with van der Waals surface area (Å²) in [6.07, 6.45) is 10.2. The van der Waals surface area contributed by atoms with Gasteiger partial charge in [0, 0.05) is 5.92 Å². The minimum Gasteiger partial charge on any atom is -0.0761 e. The molecule has 0 aliphatic heterocycles. The van der Waals surface area contributed by atoms with Gasteiger partial charge < -0.3 is 0 Å². The average Bonchev–Trinajstić information content (AvgIpc) is 3.51. The third-order valence-electron chi connectivity index (χ3n) is 7.54. The molecule has 0 atom stereocenters. The van der Waals surface area contributed by atoms with Gasteiger partial charge in [-0.3, -0.25) is 0 Å². The van der Waals surface area contributed by atoms with Crippen LogP contribution in [0.5, 0.6) is 0 Å². The van der Waals surface area contributed by atoms with Gasteiger partial charge in [0.05, 0.1) is 5.41 Å². The lowest BCUT2D eigenvalue weighted by Crippen LogP contribution is -2.37. The van der Waals surface area contributed by atoms with E-state index in [2.05, 4.69) is 129 Å². The largest absolute Gasteiger partial charge is 0.0761 e. The van der Waals surface area contributed by atoms with Crippen molar-refractivity contribution in [2.45, 2.75) is 25.7 Å². The second-order valence-corrected chi connectivity index (χ2v) is 9.50. The molecule has 0 unspecified atom stereocenters. The first-order valence-electron chi connectivity index (χ1n) is 11.9. The molecular formula is C33H28. The minimum atomic E-state index is -0.293. The molecule has 0 saturated heterocycles. The predicted octanol–water partition coefficient (Wildman–Crippen LogP) is 7.95. The summed E-state index contributed by atoms with van der Waals surface area (Å²) < 4.78 is 0. The standard InChI is InChI=1S/C33H28/c1-23-14-18-27(19-15-23)33(26-9-4-5-10-26,28-20-16-24(2)17-21-28)32-13-7-12-30-29-11-6-3-8-25(29)22-31(30)32/h3-21,26H,22H2,1-2H3. The van der Waals surface area contributed by atoms with E-state index in [1.54, 1.807) is 0 Å². The molecule has 0 fully saturated rings. The van der Waals surface area contributed by atoms with Crippen LogP contribution < -0.4 is 0 Å². The molecule has 6 rings (SSSR count). The Morgan fingerprint density at radius 3 is 1.82 bits per heavy atom. The molecule has 0 amide bonds. The highest BCUT2D eigenvalue weighted by molar-refractivity contribution is 5.79. The number of rotatable bonds is 4. The molecule has 0 N–H and O–H groups in total. The van der Waals surface area contributed by atoms with Crippen molar-refractivity contribution in [2.75, 3.05) is 0 Å². The monoisotopic (exact) mass is 424 g/mol. The maximum absolute atomic E-state index is 2.38. The zero-order chi connectivity index (χ0) is 22.4. The summed E-state index contributed by atoms with van der Waals surface area (Å²) in [5, 5.41) is 0. The van der Waals surface area contributed by atoms with E-state index in [9.17, 15) is 0 Å². The predicted molar refractivity (Wildman–Crippen MR) is 139 cm³/mol. The van der Waals surface area contributed by atoms with Crippen LogP contribution in [0.2, 0.25) is 0 Å². The molecule has 160 valence electrons. The molecule has 0 bridgehead atoms. The zero-order valence-electron chi connectivity index (χ0n) is 19.3. The minimum absolute atomic E-state index is 0.248. The molecule has 2 aliphatic carbocycles. The van der Waals surface area contributed by atoms with Gasteiger partial charge in [-0.05, 0) is 59.2 Å². The fraction of sp³-hybridized carbons (Fsp3) is 0.152. The van der Waals surface area contributed by atoms with Crippen LogP contribution in [-0.2, 0) is 11.8 Å².